The van der Waals surface area contributed by atoms with E-state index in [1.54, 1.807) is 39.3 Å². The predicted molar refractivity (Wildman–Crippen MR) is 165 cm³/mol. The molecule has 0 bridgehead atoms. The number of aliphatic hydroxyl groups is 1. The zero-order chi connectivity index (χ0) is 29.7. The van der Waals surface area contributed by atoms with Gasteiger partial charge in [0.25, 0.3) is 0 Å². The SMILES string of the molecule is COc1ccc(-c2ccc3[nH]c4c(c3c2)CCN2C(=O)[C@@H]([C@H](C)O)[C@@H](N(C)C(=O)Nc3cc(Cl)cc(Cl)c3)C[C@@H]42)cc1. The number of aliphatic hydroxyl groups excluding tert-OH is 1. The predicted octanol–water partition coefficient (Wildman–Crippen LogP) is 6.51. The number of aromatic amines is 1. The molecule has 6 rings (SSSR count). The van der Waals surface area contributed by atoms with Gasteiger partial charge in [-0.1, -0.05) is 41.4 Å². The highest BCUT2D eigenvalue weighted by atomic mass is 35.5. The van der Waals surface area contributed by atoms with Crippen LogP contribution in [0.15, 0.2) is 60.7 Å². The van der Waals surface area contributed by atoms with Crippen molar-refractivity contribution in [3.8, 4) is 16.9 Å². The van der Waals surface area contributed by atoms with Crippen molar-refractivity contribution < 1.29 is 19.4 Å². The number of benzene rings is 3. The number of carbonyl (C=O) groups is 2. The Morgan fingerprint density at radius 1 is 1.10 bits per heavy atom. The van der Waals surface area contributed by atoms with Crippen molar-refractivity contribution >= 4 is 51.7 Å². The van der Waals surface area contributed by atoms with Crippen molar-refractivity contribution in [3.05, 3.63) is 82.0 Å². The summed E-state index contributed by atoms with van der Waals surface area (Å²) in [6, 6.07) is 17.9. The normalized spacial score (nSPS) is 20.6. The van der Waals surface area contributed by atoms with E-state index >= 15 is 0 Å². The van der Waals surface area contributed by atoms with Gasteiger partial charge in [-0.05, 0) is 78.9 Å². The Kier molecular flexibility index (Phi) is 7.55. The first-order chi connectivity index (χ1) is 20.1. The third kappa shape index (κ3) is 5.08. The lowest BCUT2D eigenvalue weighted by molar-refractivity contribution is -0.151. The summed E-state index contributed by atoms with van der Waals surface area (Å²) in [5, 5.41) is 15.5. The molecule has 4 aromatic rings. The van der Waals surface area contributed by atoms with Crippen LogP contribution in [0, 0.1) is 5.92 Å². The Labute approximate surface area is 254 Å². The molecule has 2 aliphatic rings. The van der Waals surface area contributed by atoms with Gasteiger partial charge in [-0.2, -0.15) is 0 Å². The lowest BCUT2D eigenvalue weighted by atomic mass is 9.79. The highest BCUT2D eigenvalue weighted by molar-refractivity contribution is 6.35. The van der Waals surface area contributed by atoms with Crippen LogP contribution < -0.4 is 10.1 Å². The number of rotatable bonds is 5. The molecule has 0 aliphatic carbocycles. The molecule has 2 aliphatic heterocycles. The van der Waals surface area contributed by atoms with Crippen LogP contribution in [0.5, 0.6) is 5.75 Å². The second kappa shape index (κ2) is 11.2. The molecule has 3 heterocycles. The number of piperidine rings is 1. The zero-order valence-electron chi connectivity index (χ0n) is 23.5. The van der Waals surface area contributed by atoms with Crippen LogP contribution in [0.25, 0.3) is 22.0 Å². The number of urea groups is 1. The van der Waals surface area contributed by atoms with Gasteiger partial charge < -0.3 is 29.9 Å². The Morgan fingerprint density at radius 2 is 1.79 bits per heavy atom. The number of hydrogen-bond donors (Lipinski definition) is 3. The minimum Gasteiger partial charge on any atom is -0.497 e. The van der Waals surface area contributed by atoms with E-state index in [0.29, 0.717) is 35.1 Å². The maximum atomic E-state index is 13.9. The number of H-pyrrole nitrogens is 1. The highest BCUT2D eigenvalue weighted by Crippen LogP contribution is 2.44. The van der Waals surface area contributed by atoms with Crippen LogP contribution in [0.3, 0.4) is 0 Å². The quantitative estimate of drug-likeness (QED) is 0.241. The zero-order valence-corrected chi connectivity index (χ0v) is 25.0. The van der Waals surface area contributed by atoms with Gasteiger partial charge >= 0.3 is 6.03 Å². The molecule has 3 amide bonds. The minimum atomic E-state index is -0.935. The van der Waals surface area contributed by atoms with Gasteiger partial charge in [0.15, 0.2) is 0 Å². The number of nitrogens with one attached hydrogen (secondary N) is 2. The first-order valence-corrected chi connectivity index (χ1v) is 14.7. The van der Waals surface area contributed by atoms with Crippen molar-refractivity contribution in [1.82, 2.24) is 14.8 Å². The van der Waals surface area contributed by atoms with Crippen LogP contribution in [0.1, 0.15) is 30.6 Å². The number of anilines is 1. The molecule has 3 aromatic carbocycles. The maximum Gasteiger partial charge on any atom is 0.321 e. The summed E-state index contributed by atoms with van der Waals surface area (Å²) in [6.07, 6.45) is 0.245. The van der Waals surface area contributed by atoms with E-state index in [1.807, 2.05) is 29.2 Å². The molecular formula is C32H32Cl2N4O4. The standard InChI is InChI=1S/C32H32Cl2N4O4/c1-17(39)29-27(37(2)32(41)35-22-14-20(33)13-21(34)15-22)16-28-30-24(10-11-38(28)31(29)40)25-12-19(6-9-26(25)36-30)18-4-7-23(42-3)8-5-18/h4-9,12-15,17,27-29,36,39H,10-11,16H2,1-3H3,(H,35,41)/t17-,27-,28-,29-/m0/s1. The molecule has 1 fully saturated rings. The first kappa shape index (κ1) is 28.4. The maximum absolute atomic E-state index is 13.9. The van der Waals surface area contributed by atoms with Crippen molar-refractivity contribution in [1.29, 1.82) is 0 Å². The molecule has 4 atom stereocenters. The summed E-state index contributed by atoms with van der Waals surface area (Å²) in [7, 11) is 3.31. The summed E-state index contributed by atoms with van der Waals surface area (Å²) < 4.78 is 5.31. The van der Waals surface area contributed by atoms with Gasteiger partial charge in [-0.15, -0.1) is 0 Å². The molecule has 218 valence electrons. The Bertz CT molecular complexity index is 1650. The average Bonchev–Trinajstić information content (AvgIpc) is 3.34. The third-order valence-corrected chi connectivity index (χ3v) is 9.01. The van der Waals surface area contributed by atoms with E-state index in [-0.39, 0.29) is 11.9 Å². The van der Waals surface area contributed by atoms with Gasteiger partial charge in [0.1, 0.15) is 5.75 Å². The fourth-order valence-electron chi connectivity index (χ4n) is 6.48. The molecular weight excluding hydrogens is 575 g/mol. The average molecular weight is 608 g/mol. The minimum absolute atomic E-state index is 0.153. The highest BCUT2D eigenvalue weighted by Gasteiger charge is 2.49. The Hall–Kier alpha value is -3.72. The Balaban J connectivity index is 1.32. The van der Waals surface area contributed by atoms with Gasteiger partial charge in [0.2, 0.25) is 5.91 Å². The summed E-state index contributed by atoms with van der Waals surface area (Å²) in [5.74, 6) is -0.103. The van der Waals surface area contributed by atoms with Crippen molar-refractivity contribution in [2.75, 3.05) is 26.0 Å². The molecule has 0 saturated carbocycles. The molecule has 1 saturated heterocycles. The Morgan fingerprint density at radius 3 is 2.45 bits per heavy atom. The number of hydrogen-bond acceptors (Lipinski definition) is 4. The summed E-state index contributed by atoms with van der Waals surface area (Å²) >= 11 is 12.2. The van der Waals surface area contributed by atoms with E-state index in [9.17, 15) is 14.7 Å². The van der Waals surface area contributed by atoms with E-state index in [2.05, 4.69) is 28.5 Å². The van der Waals surface area contributed by atoms with Crippen LogP contribution in [-0.2, 0) is 11.2 Å². The monoisotopic (exact) mass is 606 g/mol. The number of fused-ring (bicyclic) bond motifs is 5. The lowest BCUT2D eigenvalue weighted by Crippen LogP contribution is -2.60. The largest absolute Gasteiger partial charge is 0.497 e. The second-order valence-electron chi connectivity index (χ2n) is 11.1. The van der Waals surface area contributed by atoms with Gasteiger partial charge in [-0.25, -0.2) is 4.79 Å². The number of ether oxygens (including phenoxy) is 1. The summed E-state index contributed by atoms with van der Waals surface area (Å²) in [5.41, 5.74) is 5.81. The number of methoxy groups -OCH3 is 1. The van der Waals surface area contributed by atoms with Crippen molar-refractivity contribution in [2.45, 2.75) is 38.0 Å². The molecule has 0 radical (unpaired) electrons. The molecule has 10 heteroatoms. The molecule has 42 heavy (non-hydrogen) atoms. The molecule has 0 spiro atoms. The fraction of sp³-hybridized carbons (Fsp3) is 0.312. The first-order valence-electron chi connectivity index (χ1n) is 13.9. The van der Waals surface area contributed by atoms with Crippen LogP contribution >= 0.6 is 23.2 Å². The summed E-state index contributed by atoms with van der Waals surface area (Å²) in [6.45, 7) is 2.15. The number of nitrogens with zero attached hydrogens (tertiary/aromatic N) is 2. The molecule has 3 N–H and O–H groups in total. The van der Waals surface area contributed by atoms with E-state index in [0.717, 1.165) is 33.5 Å². The second-order valence-corrected chi connectivity index (χ2v) is 11.9. The topological polar surface area (TPSA) is 97.9 Å². The fourth-order valence-corrected chi connectivity index (χ4v) is 7.01. The van der Waals surface area contributed by atoms with Crippen molar-refractivity contribution in [3.63, 3.8) is 0 Å². The van der Waals surface area contributed by atoms with E-state index in [1.165, 1.54) is 10.5 Å². The summed E-state index contributed by atoms with van der Waals surface area (Å²) in [4.78, 5) is 34.2. The number of amides is 3. The number of halogens is 2. The van der Waals surface area contributed by atoms with Gasteiger partial charge in [0, 0.05) is 52.0 Å². The van der Waals surface area contributed by atoms with Gasteiger partial charge in [0.05, 0.1) is 25.2 Å². The molecule has 0 unspecified atom stereocenters. The van der Waals surface area contributed by atoms with E-state index in [4.69, 9.17) is 27.9 Å². The van der Waals surface area contributed by atoms with Crippen molar-refractivity contribution in [2.24, 2.45) is 5.92 Å². The number of carbonyl (C=O) groups excluding carboxylic acids is 2. The number of aromatic nitrogens is 1. The smallest absolute Gasteiger partial charge is 0.321 e. The molecule has 8 nitrogen and oxygen atoms in total. The van der Waals surface area contributed by atoms with Gasteiger partial charge in [-0.3, -0.25) is 4.79 Å². The molecule has 1 aromatic heterocycles. The third-order valence-electron chi connectivity index (χ3n) is 8.57. The van der Waals surface area contributed by atoms with Crippen LogP contribution in [0.2, 0.25) is 10.0 Å². The lowest BCUT2D eigenvalue weighted by Gasteiger charge is -2.48. The van der Waals surface area contributed by atoms with E-state index < -0.39 is 24.1 Å². The van der Waals surface area contributed by atoms with Crippen LogP contribution in [-0.4, -0.2) is 64.7 Å². The van der Waals surface area contributed by atoms with Crippen LogP contribution in [0.4, 0.5) is 10.5 Å².